The second kappa shape index (κ2) is 5.94. The summed E-state index contributed by atoms with van der Waals surface area (Å²) in [6, 6.07) is 1.86. The third kappa shape index (κ3) is 3.74. The van der Waals surface area contributed by atoms with Crippen molar-refractivity contribution in [1.29, 1.82) is 0 Å². The molecule has 3 nitrogen and oxygen atoms in total. The molecule has 0 aromatic carbocycles. The lowest BCUT2D eigenvalue weighted by atomic mass is 10.5. The summed E-state index contributed by atoms with van der Waals surface area (Å²) in [6.45, 7) is 4.56. The van der Waals surface area contributed by atoms with Crippen molar-refractivity contribution >= 4 is 15.9 Å². The molecule has 0 amide bonds. The van der Waals surface area contributed by atoms with Crippen LogP contribution < -0.4 is 10.1 Å². The normalized spacial score (nSPS) is 10.0. The number of rotatable bonds is 5. The van der Waals surface area contributed by atoms with Gasteiger partial charge in [0.1, 0.15) is 6.61 Å². The monoisotopic (exact) mass is 244 g/mol. The van der Waals surface area contributed by atoms with Crippen LogP contribution in [0.1, 0.15) is 6.92 Å². The molecule has 0 atom stereocenters. The van der Waals surface area contributed by atoms with Crippen molar-refractivity contribution in [3.8, 4) is 5.75 Å². The smallest absolute Gasteiger partial charge is 0.151 e. The highest BCUT2D eigenvalue weighted by Gasteiger charge is 1.98. The van der Waals surface area contributed by atoms with Gasteiger partial charge < -0.3 is 10.1 Å². The van der Waals surface area contributed by atoms with Gasteiger partial charge in [-0.2, -0.15) is 0 Å². The minimum atomic E-state index is 0.665. The molecule has 1 rings (SSSR count). The Labute approximate surface area is 86.6 Å². The standard InChI is InChI=1S/C9H13BrN2O/c1-2-11-5-6-13-9-7-12-4-3-8(9)10/h3-4,7,11H,2,5-6H2,1H3. The number of ether oxygens (including phenoxy) is 1. The van der Waals surface area contributed by atoms with Gasteiger partial charge in [0.25, 0.3) is 0 Å². The summed E-state index contributed by atoms with van der Waals surface area (Å²) in [7, 11) is 0. The first kappa shape index (κ1) is 10.5. The second-order valence-electron chi connectivity index (χ2n) is 2.51. The lowest BCUT2D eigenvalue weighted by Crippen LogP contribution is -2.20. The van der Waals surface area contributed by atoms with Gasteiger partial charge in [-0.25, -0.2) is 0 Å². The molecule has 0 fully saturated rings. The van der Waals surface area contributed by atoms with Crippen molar-refractivity contribution in [1.82, 2.24) is 10.3 Å². The molecule has 13 heavy (non-hydrogen) atoms. The molecule has 0 spiro atoms. The summed E-state index contributed by atoms with van der Waals surface area (Å²) in [5, 5.41) is 3.18. The van der Waals surface area contributed by atoms with Crippen molar-refractivity contribution in [2.24, 2.45) is 0 Å². The van der Waals surface area contributed by atoms with E-state index in [0.29, 0.717) is 6.61 Å². The van der Waals surface area contributed by atoms with Crippen LogP contribution >= 0.6 is 15.9 Å². The van der Waals surface area contributed by atoms with E-state index in [-0.39, 0.29) is 0 Å². The van der Waals surface area contributed by atoms with Gasteiger partial charge in [-0.15, -0.1) is 0 Å². The Bertz CT molecular complexity index is 255. The van der Waals surface area contributed by atoms with E-state index < -0.39 is 0 Å². The van der Waals surface area contributed by atoms with Gasteiger partial charge in [0.2, 0.25) is 0 Å². The van der Waals surface area contributed by atoms with Gasteiger partial charge in [0.05, 0.1) is 10.7 Å². The number of likely N-dealkylation sites (N-methyl/N-ethyl adjacent to an activating group) is 1. The Morgan fingerprint density at radius 3 is 3.15 bits per heavy atom. The Morgan fingerprint density at radius 2 is 2.46 bits per heavy atom. The Hall–Kier alpha value is -0.610. The van der Waals surface area contributed by atoms with E-state index in [4.69, 9.17) is 4.74 Å². The summed E-state index contributed by atoms with van der Waals surface area (Å²) in [5.74, 6) is 0.792. The minimum absolute atomic E-state index is 0.665. The molecular formula is C9H13BrN2O. The molecule has 0 bridgehead atoms. The number of nitrogens with one attached hydrogen (secondary N) is 1. The SMILES string of the molecule is CCNCCOc1cnccc1Br. The topological polar surface area (TPSA) is 34.1 Å². The van der Waals surface area contributed by atoms with E-state index >= 15 is 0 Å². The minimum Gasteiger partial charge on any atom is -0.489 e. The van der Waals surface area contributed by atoms with Crippen LogP contribution in [0.2, 0.25) is 0 Å². The fourth-order valence-electron chi connectivity index (χ4n) is 0.879. The predicted molar refractivity (Wildman–Crippen MR) is 56.0 cm³/mol. The zero-order valence-corrected chi connectivity index (χ0v) is 9.17. The first-order valence-corrected chi connectivity index (χ1v) is 5.07. The number of hydrogen-bond acceptors (Lipinski definition) is 3. The van der Waals surface area contributed by atoms with Crippen molar-refractivity contribution in [2.45, 2.75) is 6.92 Å². The molecule has 1 heterocycles. The van der Waals surface area contributed by atoms with E-state index in [1.54, 1.807) is 12.4 Å². The summed E-state index contributed by atoms with van der Waals surface area (Å²) in [4.78, 5) is 3.97. The first-order valence-electron chi connectivity index (χ1n) is 4.27. The molecule has 4 heteroatoms. The van der Waals surface area contributed by atoms with Crippen molar-refractivity contribution in [2.75, 3.05) is 19.7 Å². The number of pyridine rings is 1. The Kier molecular flexibility index (Phi) is 4.78. The molecular weight excluding hydrogens is 232 g/mol. The first-order chi connectivity index (χ1) is 6.34. The molecule has 0 radical (unpaired) electrons. The van der Waals surface area contributed by atoms with Gasteiger partial charge in [-0.1, -0.05) is 6.92 Å². The molecule has 1 N–H and O–H groups in total. The van der Waals surface area contributed by atoms with Gasteiger partial charge in [-0.3, -0.25) is 4.98 Å². The zero-order chi connectivity index (χ0) is 9.52. The maximum atomic E-state index is 5.47. The number of hydrogen-bond donors (Lipinski definition) is 1. The highest BCUT2D eigenvalue weighted by molar-refractivity contribution is 9.10. The molecule has 0 aliphatic heterocycles. The number of halogens is 1. The van der Waals surface area contributed by atoms with Crippen LogP contribution in [-0.4, -0.2) is 24.7 Å². The van der Waals surface area contributed by atoms with Crippen LogP contribution in [0.4, 0.5) is 0 Å². The predicted octanol–water partition coefficient (Wildman–Crippen LogP) is 1.83. The number of nitrogens with zero attached hydrogens (tertiary/aromatic N) is 1. The van der Waals surface area contributed by atoms with Crippen LogP contribution in [-0.2, 0) is 0 Å². The third-order valence-electron chi connectivity index (χ3n) is 1.52. The maximum absolute atomic E-state index is 5.47. The molecule has 0 unspecified atom stereocenters. The lowest BCUT2D eigenvalue weighted by molar-refractivity contribution is 0.312. The van der Waals surface area contributed by atoms with Crippen molar-refractivity contribution < 1.29 is 4.74 Å². The van der Waals surface area contributed by atoms with Crippen LogP contribution in [0.25, 0.3) is 0 Å². The van der Waals surface area contributed by atoms with Crippen LogP contribution in [0, 0.1) is 0 Å². The van der Waals surface area contributed by atoms with E-state index in [2.05, 4.69) is 33.2 Å². The quantitative estimate of drug-likeness (QED) is 0.803. The molecule has 72 valence electrons. The van der Waals surface area contributed by atoms with E-state index in [1.807, 2.05) is 6.07 Å². The molecule has 1 aromatic heterocycles. The van der Waals surface area contributed by atoms with Crippen molar-refractivity contribution in [3.05, 3.63) is 22.9 Å². The molecule has 0 saturated carbocycles. The van der Waals surface area contributed by atoms with Gasteiger partial charge in [0.15, 0.2) is 5.75 Å². The Morgan fingerprint density at radius 1 is 1.62 bits per heavy atom. The molecule has 1 aromatic rings. The Balaban J connectivity index is 2.32. The third-order valence-corrected chi connectivity index (χ3v) is 2.18. The van der Waals surface area contributed by atoms with Crippen LogP contribution in [0.5, 0.6) is 5.75 Å². The van der Waals surface area contributed by atoms with Crippen molar-refractivity contribution in [3.63, 3.8) is 0 Å². The van der Waals surface area contributed by atoms with Crippen LogP contribution in [0.15, 0.2) is 22.9 Å². The average Bonchev–Trinajstić information content (AvgIpc) is 2.15. The maximum Gasteiger partial charge on any atom is 0.151 e. The summed E-state index contributed by atoms with van der Waals surface area (Å²) >= 11 is 3.38. The second-order valence-corrected chi connectivity index (χ2v) is 3.36. The fraction of sp³-hybridized carbons (Fsp3) is 0.444. The highest BCUT2D eigenvalue weighted by Crippen LogP contribution is 2.21. The summed E-state index contributed by atoms with van der Waals surface area (Å²) in [6.07, 6.45) is 3.43. The van der Waals surface area contributed by atoms with Gasteiger partial charge in [-0.05, 0) is 28.5 Å². The zero-order valence-electron chi connectivity index (χ0n) is 7.59. The highest BCUT2D eigenvalue weighted by atomic mass is 79.9. The lowest BCUT2D eigenvalue weighted by Gasteiger charge is -2.06. The molecule has 0 saturated heterocycles. The molecule has 0 aliphatic carbocycles. The van der Waals surface area contributed by atoms with Gasteiger partial charge >= 0.3 is 0 Å². The molecule has 0 aliphatic rings. The summed E-state index contributed by atoms with van der Waals surface area (Å²) < 4.78 is 6.41. The van der Waals surface area contributed by atoms with E-state index in [0.717, 1.165) is 23.3 Å². The van der Waals surface area contributed by atoms with E-state index in [1.165, 1.54) is 0 Å². The fourth-order valence-corrected chi connectivity index (χ4v) is 1.21. The van der Waals surface area contributed by atoms with E-state index in [9.17, 15) is 0 Å². The van der Waals surface area contributed by atoms with Gasteiger partial charge in [0, 0.05) is 12.7 Å². The summed E-state index contributed by atoms with van der Waals surface area (Å²) in [5.41, 5.74) is 0. The average molecular weight is 245 g/mol. The van der Waals surface area contributed by atoms with Crippen LogP contribution in [0.3, 0.4) is 0 Å². The largest absolute Gasteiger partial charge is 0.489 e. The number of aromatic nitrogens is 1.